The fourth-order valence-electron chi connectivity index (χ4n) is 4.89. The number of rotatable bonds is 7. The predicted octanol–water partition coefficient (Wildman–Crippen LogP) is 6.54. The van der Waals surface area contributed by atoms with Crippen LogP contribution < -0.4 is 10.0 Å². The highest BCUT2D eigenvalue weighted by molar-refractivity contribution is 7.83. The molecule has 0 spiro atoms. The molecule has 5 rings (SSSR count). The van der Waals surface area contributed by atoms with Gasteiger partial charge in [-0.2, -0.15) is 0 Å². The smallest absolute Gasteiger partial charge is 0.263 e. The monoisotopic (exact) mass is 608 g/mol. The molecule has 0 saturated carbocycles. The number of nitrogens with one attached hydrogen (secondary N) is 2. The minimum Gasteiger partial charge on any atom is -0.353 e. The number of aryl methyl sites for hydroxylation is 1. The van der Waals surface area contributed by atoms with Crippen LogP contribution in [0, 0.1) is 18.6 Å². The Balaban J connectivity index is 1.42. The standard InChI is InChI=1S/C31H27ClF2N4O3S/c1-19-17-24(34)11-12-26(19)36-28-25(31(40)38-15-13-21(14-16-38)20-7-9-23(33)10-8-20)18-35-30(27(28)32)42(41)37-29(39)22-5-3-2-4-6-22/h2-12,17-18,21H,13-16H2,1H3,(H,35,36)(H,37,39). The van der Waals surface area contributed by atoms with Crippen LogP contribution in [-0.4, -0.2) is 39.0 Å². The van der Waals surface area contributed by atoms with Crippen LogP contribution in [0.3, 0.4) is 0 Å². The maximum atomic E-state index is 13.8. The number of anilines is 2. The van der Waals surface area contributed by atoms with Crippen LogP contribution in [0.1, 0.15) is 50.6 Å². The van der Waals surface area contributed by atoms with E-state index in [1.807, 2.05) is 0 Å². The zero-order chi connectivity index (χ0) is 29.8. The number of amides is 2. The van der Waals surface area contributed by atoms with Crippen LogP contribution in [0.5, 0.6) is 0 Å². The van der Waals surface area contributed by atoms with Gasteiger partial charge >= 0.3 is 0 Å². The summed E-state index contributed by atoms with van der Waals surface area (Å²) >= 11 is 6.73. The summed E-state index contributed by atoms with van der Waals surface area (Å²) in [5, 5.41) is 2.85. The summed E-state index contributed by atoms with van der Waals surface area (Å²) in [5.74, 6) is -1.45. The van der Waals surface area contributed by atoms with Gasteiger partial charge in [-0.3, -0.25) is 14.3 Å². The highest BCUT2D eigenvalue weighted by atomic mass is 35.5. The molecule has 1 aliphatic rings. The van der Waals surface area contributed by atoms with E-state index in [1.54, 1.807) is 54.3 Å². The average molecular weight is 609 g/mol. The molecule has 1 unspecified atom stereocenters. The molecule has 0 radical (unpaired) electrons. The van der Waals surface area contributed by atoms with E-state index in [-0.39, 0.29) is 38.9 Å². The molecule has 3 aromatic carbocycles. The Morgan fingerprint density at radius 2 is 1.64 bits per heavy atom. The lowest BCUT2D eigenvalue weighted by molar-refractivity contribution is 0.0713. The first-order chi connectivity index (χ1) is 20.2. The van der Waals surface area contributed by atoms with Gasteiger partial charge in [-0.15, -0.1) is 0 Å². The molecule has 2 N–H and O–H groups in total. The SMILES string of the molecule is Cc1cc(F)ccc1Nc1c(C(=O)N2CCC(c3ccc(F)cc3)CC2)cnc(S(=O)NC(=O)c2ccccc2)c1Cl. The molecule has 1 saturated heterocycles. The van der Waals surface area contributed by atoms with E-state index >= 15 is 0 Å². The number of aromatic nitrogens is 1. The third kappa shape index (κ3) is 6.50. The van der Waals surface area contributed by atoms with E-state index in [1.165, 1.54) is 36.5 Å². The highest BCUT2D eigenvalue weighted by Gasteiger charge is 2.29. The Hall–Kier alpha value is -4.15. The molecular weight excluding hydrogens is 582 g/mol. The molecule has 216 valence electrons. The maximum Gasteiger partial charge on any atom is 0.263 e. The fraction of sp³-hybridized carbons (Fsp3) is 0.194. The van der Waals surface area contributed by atoms with Gasteiger partial charge in [-0.25, -0.2) is 18.0 Å². The van der Waals surface area contributed by atoms with Crippen molar-refractivity contribution in [3.8, 4) is 0 Å². The maximum absolute atomic E-state index is 13.8. The average Bonchev–Trinajstić information content (AvgIpc) is 2.99. The van der Waals surface area contributed by atoms with Crippen LogP contribution >= 0.6 is 11.6 Å². The second-order valence-electron chi connectivity index (χ2n) is 9.93. The summed E-state index contributed by atoms with van der Waals surface area (Å²) < 4.78 is 42.7. The number of carbonyl (C=O) groups excluding carboxylic acids is 2. The lowest BCUT2D eigenvalue weighted by Gasteiger charge is -2.33. The first kappa shape index (κ1) is 29.3. The van der Waals surface area contributed by atoms with Gasteiger partial charge < -0.3 is 10.2 Å². The molecule has 1 atom stereocenters. The number of hydrogen-bond donors (Lipinski definition) is 2. The Morgan fingerprint density at radius 1 is 0.976 bits per heavy atom. The molecule has 2 heterocycles. The van der Waals surface area contributed by atoms with Gasteiger partial charge in [0.2, 0.25) is 0 Å². The van der Waals surface area contributed by atoms with Crippen molar-refractivity contribution in [1.82, 2.24) is 14.6 Å². The first-order valence-electron chi connectivity index (χ1n) is 13.3. The lowest BCUT2D eigenvalue weighted by Crippen LogP contribution is -2.38. The first-order valence-corrected chi connectivity index (χ1v) is 14.8. The minimum absolute atomic E-state index is 0.113. The van der Waals surface area contributed by atoms with Crippen LogP contribution in [0.2, 0.25) is 5.02 Å². The molecule has 1 fully saturated rings. The third-order valence-electron chi connectivity index (χ3n) is 7.19. The molecule has 11 heteroatoms. The summed E-state index contributed by atoms with van der Waals surface area (Å²) in [7, 11) is -2.15. The van der Waals surface area contributed by atoms with Crippen molar-refractivity contribution < 1.29 is 22.6 Å². The summed E-state index contributed by atoms with van der Waals surface area (Å²) in [4.78, 5) is 32.3. The van der Waals surface area contributed by atoms with Crippen LogP contribution in [0.25, 0.3) is 0 Å². The quantitative estimate of drug-likeness (QED) is 0.249. The van der Waals surface area contributed by atoms with Crippen LogP contribution in [0.15, 0.2) is 84.0 Å². The topological polar surface area (TPSA) is 91.4 Å². The van der Waals surface area contributed by atoms with Crippen molar-refractivity contribution in [2.75, 3.05) is 18.4 Å². The molecule has 0 bridgehead atoms. The van der Waals surface area contributed by atoms with Crippen LogP contribution in [0.4, 0.5) is 20.2 Å². The zero-order valence-corrected chi connectivity index (χ0v) is 24.1. The third-order valence-corrected chi connectivity index (χ3v) is 8.70. The van der Waals surface area contributed by atoms with Crippen molar-refractivity contribution in [2.24, 2.45) is 0 Å². The van der Waals surface area contributed by atoms with Gasteiger partial charge in [-0.05, 0) is 79.3 Å². The van der Waals surface area contributed by atoms with Crippen molar-refractivity contribution in [2.45, 2.75) is 30.7 Å². The highest BCUT2D eigenvalue weighted by Crippen LogP contribution is 2.36. The van der Waals surface area contributed by atoms with Gasteiger partial charge in [0.15, 0.2) is 16.0 Å². The number of carbonyl (C=O) groups is 2. The Morgan fingerprint density at radius 3 is 2.31 bits per heavy atom. The molecule has 1 aliphatic heterocycles. The van der Waals surface area contributed by atoms with E-state index < -0.39 is 22.7 Å². The minimum atomic E-state index is -2.15. The van der Waals surface area contributed by atoms with E-state index in [9.17, 15) is 22.6 Å². The molecule has 1 aromatic heterocycles. The zero-order valence-electron chi connectivity index (χ0n) is 22.6. The summed E-state index contributed by atoms with van der Waals surface area (Å²) in [6.45, 7) is 2.60. The second-order valence-corrected chi connectivity index (χ2v) is 11.4. The number of hydrogen-bond acceptors (Lipinski definition) is 5. The van der Waals surface area contributed by atoms with Crippen molar-refractivity contribution in [3.05, 3.63) is 118 Å². The number of likely N-dealkylation sites (tertiary alicyclic amines) is 1. The molecule has 42 heavy (non-hydrogen) atoms. The second kappa shape index (κ2) is 12.8. The normalized spacial score (nSPS) is 14.3. The molecular formula is C31H27ClF2N4O3S. The largest absolute Gasteiger partial charge is 0.353 e. The summed E-state index contributed by atoms with van der Waals surface area (Å²) in [5.41, 5.74) is 2.65. The number of benzene rings is 3. The predicted molar refractivity (Wildman–Crippen MR) is 158 cm³/mol. The lowest BCUT2D eigenvalue weighted by atomic mass is 9.89. The van der Waals surface area contributed by atoms with Crippen molar-refractivity contribution >= 4 is 45.8 Å². The van der Waals surface area contributed by atoms with E-state index in [4.69, 9.17) is 11.6 Å². The number of halogens is 3. The van der Waals surface area contributed by atoms with Crippen molar-refractivity contribution in [1.29, 1.82) is 0 Å². The molecule has 4 aromatic rings. The summed E-state index contributed by atoms with van der Waals surface area (Å²) in [6, 6.07) is 18.8. The molecule has 2 amide bonds. The van der Waals surface area contributed by atoms with Crippen molar-refractivity contribution in [3.63, 3.8) is 0 Å². The molecule has 0 aliphatic carbocycles. The fourth-order valence-corrected chi connectivity index (χ4v) is 6.09. The van der Waals surface area contributed by atoms with Gasteiger partial charge in [0.05, 0.1) is 11.3 Å². The van der Waals surface area contributed by atoms with E-state index in [2.05, 4.69) is 15.0 Å². The van der Waals surface area contributed by atoms with Gasteiger partial charge in [0.25, 0.3) is 11.8 Å². The Labute approximate surface area is 249 Å². The number of pyridine rings is 1. The molecule has 7 nitrogen and oxygen atoms in total. The van der Waals surface area contributed by atoms with Crippen LogP contribution in [-0.2, 0) is 11.0 Å². The Bertz CT molecular complexity index is 1650. The van der Waals surface area contributed by atoms with Gasteiger partial charge in [0, 0.05) is 30.5 Å². The van der Waals surface area contributed by atoms with Gasteiger partial charge in [-0.1, -0.05) is 41.9 Å². The van der Waals surface area contributed by atoms with E-state index in [0.29, 0.717) is 42.7 Å². The van der Waals surface area contributed by atoms with Gasteiger partial charge in [0.1, 0.15) is 16.7 Å². The van der Waals surface area contributed by atoms with E-state index in [0.717, 1.165) is 5.56 Å². The Kier molecular flexibility index (Phi) is 8.94. The number of piperidine rings is 1. The number of nitrogens with zero attached hydrogens (tertiary/aromatic N) is 2. The summed E-state index contributed by atoms with van der Waals surface area (Å²) in [6.07, 6.45) is 2.65.